The van der Waals surface area contributed by atoms with Gasteiger partial charge in [-0.3, -0.25) is 9.78 Å². The predicted octanol–water partition coefficient (Wildman–Crippen LogP) is 5.21. The topological polar surface area (TPSA) is 122 Å². The number of amides is 1. The molecule has 1 aromatic rings. The largest absolute Gasteiger partial charge is 0.390 e. The first-order chi connectivity index (χ1) is 23.0. The van der Waals surface area contributed by atoms with Gasteiger partial charge in [-0.1, -0.05) is 40.7 Å². The Bertz CT molecular complexity index is 1450. The van der Waals surface area contributed by atoms with Crippen molar-refractivity contribution in [3.63, 3.8) is 0 Å². The van der Waals surface area contributed by atoms with Gasteiger partial charge in [0.25, 0.3) is 5.91 Å². The van der Waals surface area contributed by atoms with Crippen molar-refractivity contribution in [2.75, 3.05) is 19.7 Å². The molecule has 2 spiro atoms. The van der Waals surface area contributed by atoms with Crippen LogP contribution in [-0.4, -0.2) is 93.2 Å². The normalized spacial score (nSPS) is 49.1. The zero-order chi connectivity index (χ0) is 34.9. The molecule has 5 aliphatic carbocycles. The second kappa shape index (κ2) is 11.2. The molecule has 2 saturated heterocycles. The quantitative estimate of drug-likeness (QED) is 0.388. The number of carbonyl (C=O) groups is 1. The number of hydrogen-bond acceptors (Lipinski definition) is 8. The number of carbonyl (C=O) groups excluding carboxylic acids is 1. The summed E-state index contributed by atoms with van der Waals surface area (Å²) < 4.78 is 19.6. The number of aromatic nitrogens is 1. The Kier molecular flexibility index (Phi) is 7.87. The van der Waals surface area contributed by atoms with Gasteiger partial charge >= 0.3 is 0 Å². The van der Waals surface area contributed by atoms with Gasteiger partial charge in [-0.2, -0.15) is 0 Å². The number of ether oxygens (including phenoxy) is 3. The Morgan fingerprint density at radius 3 is 2.53 bits per heavy atom. The van der Waals surface area contributed by atoms with Crippen LogP contribution in [0.15, 0.2) is 24.4 Å². The first-order valence-corrected chi connectivity index (χ1v) is 19.2. The number of aliphatic hydroxyl groups is 3. The summed E-state index contributed by atoms with van der Waals surface area (Å²) in [7, 11) is 0. The number of pyridine rings is 1. The fraction of sp³-hybridized carbons (Fsp3) is 0.850. The zero-order valence-corrected chi connectivity index (χ0v) is 30.7. The van der Waals surface area contributed by atoms with E-state index in [1.165, 1.54) is 12.8 Å². The average Bonchev–Trinajstić information content (AvgIpc) is 3.70. The van der Waals surface area contributed by atoms with E-state index < -0.39 is 30.2 Å². The number of hydrogen-bond donors (Lipinski definition) is 3. The summed E-state index contributed by atoms with van der Waals surface area (Å²) in [6.45, 7) is 16.6. The molecule has 1 amide bonds. The maximum atomic E-state index is 13.2. The summed E-state index contributed by atoms with van der Waals surface area (Å²) in [5.41, 5.74) is -0.712. The summed E-state index contributed by atoms with van der Waals surface area (Å²) in [4.78, 5) is 19.3. The molecule has 49 heavy (non-hydrogen) atoms. The van der Waals surface area contributed by atoms with Crippen molar-refractivity contribution in [2.24, 2.45) is 50.7 Å². The van der Waals surface area contributed by atoms with Gasteiger partial charge in [-0.05, 0) is 123 Å². The third-order valence-corrected chi connectivity index (χ3v) is 16.4. The van der Waals surface area contributed by atoms with E-state index in [9.17, 15) is 20.1 Å². The summed E-state index contributed by atoms with van der Waals surface area (Å²) in [5.74, 6) is 1.38. The van der Waals surface area contributed by atoms with Gasteiger partial charge in [0.2, 0.25) is 0 Å². The molecule has 272 valence electrons. The molecule has 7 fully saturated rings. The highest BCUT2D eigenvalue weighted by atomic mass is 16.7. The first kappa shape index (κ1) is 34.5. The number of nitrogens with zero attached hydrogens (tertiary/aromatic N) is 2. The molecular weight excluding hydrogens is 620 g/mol. The smallest absolute Gasteiger partial charge is 0.272 e. The molecule has 9 heteroatoms. The molecule has 2 aliphatic heterocycles. The third kappa shape index (κ3) is 4.64. The molecule has 7 unspecified atom stereocenters. The van der Waals surface area contributed by atoms with Gasteiger partial charge in [0.15, 0.2) is 6.29 Å². The predicted molar refractivity (Wildman–Crippen MR) is 183 cm³/mol. The van der Waals surface area contributed by atoms with Crippen LogP contribution in [0.5, 0.6) is 0 Å². The Hall–Kier alpha value is -1.62. The summed E-state index contributed by atoms with van der Waals surface area (Å²) in [6.07, 6.45) is 7.40. The van der Waals surface area contributed by atoms with Crippen LogP contribution in [0.3, 0.4) is 0 Å². The molecule has 3 N–H and O–H groups in total. The Morgan fingerprint density at radius 2 is 1.82 bits per heavy atom. The van der Waals surface area contributed by atoms with Crippen molar-refractivity contribution in [1.29, 1.82) is 0 Å². The van der Waals surface area contributed by atoms with E-state index in [4.69, 9.17) is 14.2 Å². The second-order valence-corrected chi connectivity index (χ2v) is 19.0. The zero-order valence-electron chi connectivity index (χ0n) is 30.7. The lowest BCUT2D eigenvalue weighted by Crippen LogP contribution is -2.60. The van der Waals surface area contributed by atoms with E-state index in [-0.39, 0.29) is 57.0 Å². The molecule has 1 aromatic heterocycles. The van der Waals surface area contributed by atoms with E-state index in [1.54, 1.807) is 26.1 Å². The molecule has 8 rings (SSSR count). The fourth-order valence-corrected chi connectivity index (χ4v) is 13.9. The average molecular weight is 681 g/mol. The number of fused-ring (bicyclic) bond motifs is 4. The monoisotopic (exact) mass is 680 g/mol. The van der Waals surface area contributed by atoms with Gasteiger partial charge < -0.3 is 34.4 Å². The van der Waals surface area contributed by atoms with Crippen molar-refractivity contribution in [3.05, 3.63) is 30.1 Å². The van der Waals surface area contributed by atoms with Crippen LogP contribution >= 0.6 is 0 Å². The minimum atomic E-state index is -1.26. The SMILES string of the molecule is C[C@@H]1CC([C@H](O)C(C)(C)O)OC2[C@H]1C1(C)CCC34CC35CC[C@H](OC3CN(C(=O)c6ccccn6)CCO3)C(C)(C)[C@@H]5CCC4[C@]1(C)[C@H]2O. The summed E-state index contributed by atoms with van der Waals surface area (Å²) >= 11 is 0. The number of morpholine rings is 1. The molecule has 5 saturated carbocycles. The Morgan fingerprint density at radius 1 is 1.08 bits per heavy atom. The van der Waals surface area contributed by atoms with E-state index in [2.05, 4.69) is 39.6 Å². The lowest BCUT2D eigenvalue weighted by atomic mass is 9.41. The maximum absolute atomic E-state index is 13.2. The van der Waals surface area contributed by atoms with Crippen molar-refractivity contribution in [3.8, 4) is 0 Å². The Labute approximate surface area is 292 Å². The highest BCUT2D eigenvalue weighted by molar-refractivity contribution is 5.92. The molecule has 0 radical (unpaired) electrons. The van der Waals surface area contributed by atoms with Crippen LogP contribution < -0.4 is 0 Å². The summed E-state index contributed by atoms with van der Waals surface area (Å²) in [5, 5.41) is 34.1. The minimum Gasteiger partial charge on any atom is -0.390 e. The standard InChI is InChI=1S/C40H60N2O7/c1-23-20-25(32(43)36(4,5)46)48-31-30(23)37(6)15-16-40-22-39(40)14-13-28(35(2,3)26(39)11-12-27(40)38(37,7)33(31)44)49-29-21-42(18-19-47-29)34(45)24-10-8-9-17-41-24/h8-10,17,23,25-33,43-44,46H,11-16,18-22H2,1-7H3/t23-,25?,26+,27?,28+,29?,30+,31?,32+,33+,37?,38-,39?,40?/m1/s1. The molecular formula is C40H60N2O7. The van der Waals surface area contributed by atoms with Crippen LogP contribution in [0.4, 0.5) is 0 Å². The lowest BCUT2D eigenvalue weighted by Gasteiger charge is -2.64. The fourth-order valence-electron chi connectivity index (χ4n) is 13.9. The van der Waals surface area contributed by atoms with Crippen molar-refractivity contribution >= 4 is 5.91 Å². The van der Waals surface area contributed by atoms with Crippen LogP contribution in [0.1, 0.15) is 110 Å². The van der Waals surface area contributed by atoms with Crippen LogP contribution in [0, 0.1) is 50.7 Å². The lowest BCUT2D eigenvalue weighted by molar-refractivity contribution is -0.245. The van der Waals surface area contributed by atoms with Crippen LogP contribution in [0.25, 0.3) is 0 Å². The van der Waals surface area contributed by atoms with E-state index in [1.807, 2.05) is 17.0 Å². The van der Waals surface area contributed by atoms with Crippen molar-refractivity contribution in [2.45, 2.75) is 142 Å². The molecule has 0 bridgehead atoms. The van der Waals surface area contributed by atoms with Gasteiger partial charge in [0.1, 0.15) is 11.8 Å². The summed E-state index contributed by atoms with van der Waals surface area (Å²) in [6, 6.07) is 5.43. The van der Waals surface area contributed by atoms with Gasteiger partial charge in [0, 0.05) is 18.2 Å². The molecule has 7 aliphatic rings. The minimum absolute atomic E-state index is 0.0463. The molecule has 9 nitrogen and oxygen atoms in total. The highest BCUT2D eigenvalue weighted by Crippen LogP contribution is 2.89. The van der Waals surface area contributed by atoms with Gasteiger partial charge in [-0.15, -0.1) is 0 Å². The molecule has 3 heterocycles. The van der Waals surface area contributed by atoms with E-state index in [0.29, 0.717) is 43.6 Å². The second-order valence-electron chi connectivity index (χ2n) is 19.0. The van der Waals surface area contributed by atoms with Crippen LogP contribution in [-0.2, 0) is 14.2 Å². The van der Waals surface area contributed by atoms with Crippen LogP contribution in [0.2, 0.25) is 0 Å². The van der Waals surface area contributed by atoms with E-state index >= 15 is 0 Å². The van der Waals surface area contributed by atoms with Crippen molar-refractivity contribution in [1.82, 2.24) is 9.88 Å². The number of aliphatic hydroxyl groups excluding tert-OH is 2. The van der Waals surface area contributed by atoms with Crippen molar-refractivity contribution < 1.29 is 34.3 Å². The first-order valence-electron chi connectivity index (χ1n) is 19.2. The maximum Gasteiger partial charge on any atom is 0.272 e. The Balaban J connectivity index is 1.00. The number of rotatable bonds is 5. The third-order valence-electron chi connectivity index (χ3n) is 16.4. The van der Waals surface area contributed by atoms with Gasteiger partial charge in [-0.25, -0.2) is 0 Å². The van der Waals surface area contributed by atoms with Gasteiger partial charge in [0.05, 0.1) is 43.2 Å². The van der Waals surface area contributed by atoms with E-state index in [0.717, 1.165) is 32.1 Å². The molecule has 14 atom stereocenters. The molecule has 0 aromatic carbocycles. The highest BCUT2D eigenvalue weighted by Gasteiger charge is 2.84.